The molecule has 0 aliphatic carbocycles. The Hall–Kier alpha value is -0.266. The van der Waals surface area contributed by atoms with Crippen LogP contribution in [0.25, 0.3) is 0 Å². The fourth-order valence-corrected chi connectivity index (χ4v) is 1.98. The molecule has 1 aliphatic heterocycles. The van der Waals surface area contributed by atoms with Gasteiger partial charge in [-0.1, -0.05) is 26.0 Å². The van der Waals surface area contributed by atoms with Gasteiger partial charge in [-0.05, 0) is 18.5 Å². The van der Waals surface area contributed by atoms with E-state index in [2.05, 4.69) is 48.6 Å². The van der Waals surface area contributed by atoms with Crippen molar-refractivity contribution >= 4 is 0 Å². The number of ether oxygens (including phenoxy) is 1. The van der Waals surface area contributed by atoms with Gasteiger partial charge in [-0.25, -0.2) is 0 Å². The van der Waals surface area contributed by atoms with E-state index < -0.39 is 0 Å². The summed E-state index contributed by atoms with van der Waals surface area (Å²) in [5, 5.41) is 0. The quantitative estimate of drug-likeness (QED) is 0.606. The first-order valence-corrected chi connectivity index (χ1v) is 6.85. The Morgan fingerprint density at radius 1 is 1.55 bits per heavy atom. The van der Waals surface area contributed by atoms with Crippen LogP contribution in [0, 0.1) is 17.9 Å². The maximum Gasteiger partial charge on any atom is 0.0620 e. The van der Waals surface area contributed by atoms with E-state index in [0.717, 1.165) is 37.6 Å². The molecule has 1 fully saturated rings. The van der Waals surface area contributed by atoms with Crippen LogP contribution in [0.4, 0.5) is 0 Å². The molecule has 1 radical (unpaired) electrons. The number of morpholine rings is 1. The minimum absolute atomic E-state index is 0. The molecule has 2 heterocycles. The molecule has 0 saturated carbocycles. The van der Waals surface area contributed by atoms with Gasteiger partial charge < -0.3 is 9.72 Å². The fraction of sp³-hybridized carbons (Fsp3) is 0.562. The topological polar surface area (TPSA) is 25.4 Å². The zero-order valence-corrected chi connectivity index (χ0v) is 15.4. The molecule has 1 atom stereocenters. The maximum absolute atomic E-state index is 5.40. The van der Waals surface area contributed by atoms with E-state index in [9.17, 15) is 0 Å². The van der Waals surface area contributed by atoms with Crippen LogP contribution >= 0.6 is 0 Å². The minimum Gasteiger partial charge on any atom is -0.379 e. The van der Waals surface area contributed by atoms with Gasteiger partial charge in [0, 0.05) is 45.3 Å². The molecule has 2 rings (SSSR count). The molecule has 1 aliphatic rings. The Balaban J connectivity index is 0.00000200. The first kappa shape index (κ1) is 17.8. The van der Waals surface area contributed by atoms with Crippen molar-refractivity contribution in [2.24, 2.45) is 0 Å². The van der Waals surface area contributed by atoms with E-state index in [1.54, 1.807) is 0 Å². The second-order valence-electron chi connectivity index (χ2n) is 5.24. The number of nitrogens with zero attached hydrogens (tertiary/aromatic N) is 2. The van der Waals surface area contributed by atoms with Crippen LogP contribution in [-0.4, -0.2) is 42.2 Å². The van der Waals surface area contributed by atoms with Crippen LogP contribution in [0.1, 0.15) is 37.9 Å². The minimum atomic E-state index is 0. The molecule has 1 aromatic heterocycles. The third-order valence-corrected chi connectivity index (χ3v) is 3.34. The summed E-state index contributed by atoms with van der Waals surface area (Å²) in [4.78, 5) is 6.69. The van der Waals surface area contributed by atoms with Gasteiger partial charge in [0.05, 0.1) is 19.8 Å². The van der Waals surface area contributed by atoms with Gasteiger partial charge in [0.15, 0.2) is 0 Å². The monoisotopic (exact) mass is 346 g/mol. The maximum atomic E-state index is 5.40. The predicted molar refractivity (Wildman–Crippen MR) is 75.9 cm³/mol. The summed E-state index contributed by atoms with van der Waals surface area (Å²) in [6, 6.07) is 5.56. The number of pyridine rings is 1. The van der Waals surface area contributed by atoms with Crippen LogP contribution in [0.2, 0.25) is 0 Å². The van der Waals surface area contributed by atoms with Gasteiger partial charge in [0.25, 0.3) is 0 Å². The van der Waals surface area contributed by atoms with Crippen LogP contribution in [-0.2, 0) is 37.4 Å². The van der Waals surface area contributed by atoms with Crippen molar-refractivity contribution in [1.82, 2.24) is 9.88 Å². The number of hydrogen-bond donors (Lipinski definition) is 0. The molecule has 1 unspecified atom stereocenters. The molecule has 105 valence electrons. The average Bonchev–Trinajstić information content (AvgIpc) is 2.41. The standard InChI is InChI=1S/C16H21N2O.Y/c1-13(2)15-6-7-16(17-11-15)5-4-8-18-9-10-19-12-14(18)3;/h7,11,13-14H,8-10,12H2,1-3H3;/q-1;. The summed E-state index contributed by atoms with van der Waals surface area (Å²) < 4.78 is 5.40. The first-order chi connectivity index (χ1) is 9.16. The normalized spacial score (nSPS) is 19.1. The second-order valence-corrected chi connectivity index (χ2v) is 5.24. The number of aromatic nitrogens is 1. The molecule has 3 nitrogen and oxygen atoms in total. The van der Waals surface area contributed by atoms with Gasteiger partial charge in [0.2, 0.25) is 0 Å². The van der Waals surface area contributed by atoms with Crippen LogP contribution < -0.4 is 0 Å². The molecule has 20 heavy (non-hydrogen) atoms. The Morgan fingerprint density at radius 2 is 2.35 bits per heavy atom. The van der Waals surface area contributed by atoms with Gasteiger partial charge in [-0.2, -0.15) is 6.07 Å². The summed E-state index contributed by atoms with van der Waals surface area (Å²) in [6.45, 7) is 9.79. The predicted octanol–water partition coefficient (Wildman–Crippen LogP) is 2.07. The van der Waals surface area contributed by atoms with Crippen LogP contribution in [0.15, 0.2) is 12.3 Å². The van der Waals surface area contributed by atoms with Gasteiger partial charge in [-0.15, -0.1) is 17.6 Å². The smallest absolute Gasteiger partial charge is 0.0620 e. The van der Waals surface area contributed by atoms with E-state index in [-0.39, 0.29) is 32.7 Å². The molecule has 4 heteroatoms. The van der Waals surface area contributed by atoms with Crippen molar-refractivity contribution in [3.8, 4) is 11.8 Å². The van der Waals surface area contributed by atoms with Crippen LogP contribution in [0.5, 0.6) is 0 Å². The molecule has 0 N–H and O–H groups in total. The number of rotatable bonds is 2. The van der Waals surface area contributed by atoms with E-state index in [0.29, 0.717) is 12.0 Å². The molecule has 0 aromatic carbocycles. The second kappa shape index (κ2) is 8.90. The molecule has 0 spiro atoms. The van der Waals surface area contributed by atoms with Gasteiger partial charge >= 0.3 is 0 Å². The third kappa shape index (κ3) is 5.26. The largest absolute Gasteiger partial charge is 0.379 e. The van der Waals surface area contributed by atoms with Crippen molar-refractivity contribution in [3.05, 3.63) is 29.6 Å². The summed E-state index contributed by atoms with van der Waals surface area (Å²) >= 11 is 0. The Bertz CT molecular complexity index is 462. The number of hydrogen-bond acceptors (Lipinski definition) is 3. The summed E-state index contributed by atoms with van der Waals surface area (Å²) in [6.07, 6.45) is 1.87. The van der Waals surface area contributed by atoms with E-state index >= 15 is 0 Å². The average molecular weight is 346 g/mol. The van der Waals surface area contributed by atoms with Crippen molar-refractivity contribution in [2.75, 3.05) is 26.3 Å². The summed E-state index contributed by atoms with van der Waals surface area (Å²) in [7, 11) is 0. The Kier molecular flexibility index (Phi) is 7.91. The Labute approximate surface area is 147 Å². The van der Waals surface area contributed by atoms with Crippen molar-refractivity contribution < 1.29 is 37.4 Å². The van der Waals surface area contributed by atoms with Crippen molar-refractivity contribution in [2.45, 2.75) is 32.7 Å². The molecular formula is C16H21N2OY-. The van der Waals surface area contributed by atoms with Gasteiger partial charge in [-0.3, -0.25) is 4.90 Å². The Morgan fingerprint density at radius 3 is 2.95 bits per heavy atom. The molecular weight excluding hydrogens is 325 g/mol. The molecule has 1 saturated heterocycles. The van der Waals surface area contributed by atoms with Crippen molar-refractivity contribution in [1.29, 1.82) is 0 Å². The SMILES string of the molecule is CC(C)c1[c-]cc(C#CCN2CCOCC2C)nc1.[Y]. The zero-order chi connectivity index (χ0) is 13.7. The van der Waals surface area contributed by atoms with Crippen LogP contribution in [0.3, 0.4) is 0 Å². The van der Waals surface area contributed by atoms with E-state index in [1.807, 2.05) is 12.3 Å². The third-order valence-electron chi connectivity index (χ3n) is 3.34. The summed E-state index contributed by atoms with van der Waals surface area (Å²) in [5.74, 6) is 6.75. The molecule has 0 amide bonds. The van der Waals surface area contributed by atoms with Crippen molar-refractivity contribution in [3.63, 3.8) is 0 Å². The van der Waals surface area contributed by atoms with E-state index in [4.69, 9.17) is 4.74 Å². The van der Waals surface area contributed by atoms with Gasteiger partial charge in [0.1, 0.15) is 0 Å². The summed E-state index contributed by atoms with van der Waals surface area (Å²) in [5.41, 5.74) is 1.93. The zero-order valence-electron chi connectivity index (χ0n) is 12.5. The molecule has 1 aromatic rings. The first-order valence-electron chi connectivity index (χ1n) is 6.85. The molecule has 0 bridgehead atoms. The fourth-order valence-electron chi connectivity index (χ4n) is 1.98. The van der Waals surface area contributed by atoms with E-state index in [1.165, 1.54) is 0 Å².